The first-order chi connectivity index (χ1) is 13.6. The van der Waals surface area contributed by atoms with Crippen molar-refractivity contribution in [2.24, 2.45) is 0 Å². The number of hydrogen-bond donors (Lipinski definition) is 1. The van der Waals surface area contributed by atoms with E-state index in [0.717, 1.165) is 44.1 Å². The van der Waals surface area contributed by atoms with Crippen LogP contribution in [0.4, 0.5) is 4.79 Å². The monoisotopic (exact) mass is 493 g/mol. The van der Waals surface area contributed by atoms with Gasteiger partial charge >= 0.3 is 175 Å². The van der Waals surface area contributed by atoms with Crippen LogP contribution < -0.4 is 18.1 Å². The molecule has 1 fully saturated rings. The molecule has 2 aromatic carbocycles. The molecule has 7 heteroatoms. The van der Waals surface area contributed by atoms with Gasteiger partial charge in [0.25, 0.3) is 0 Å². The van der Waals surface area contributed by atoms with Gasteiger partial charge < -0.3 is 0 Å². The second kappa shape index (κ2) is 6.74. The van der Waals surface area contributed by atoms with E-state index in [1.54, 1.807) is 14.2 Å². The van der Waals surface area contributed by atoms with Gasteiger partial charge in [-0.1, -0.05) is 0 Å². The molecule has 0 saturated carbocycles. The number of carbonyl (C=O) groups is 2. The van der Waals surface area contributed by atoms with Crippen LogP contribution >= 0.6 is 11.8 Å². The molecule has 28 heavy (non-hydrogen) atoms. The van der Waals surface area contributed by atoms with Gasteiger partial charge in [-0.05, 0) is 0 Å². The van der Waals surface area contributed by atoms with Gasteiger partial charge in [0.1, 0.15) is 0 Å². The third kappa shape index (κ3) is 2.71. The van der Waals surface area contributed by atoms with E-state index in [-0.39, 0.29) is 11.1 Å². The van der Waals surface area contributed by atoms with E-state index in [4.69, 9.17) is 9.47 Å². The molecule has 2 amide bonds. The molecule has 2 aromatic rings. The zero-order chi connectivity index (χ0) is 19.4. The molecule has 138 valence electrons. The third-order valence-electron chi connectivity index (χ3n) is 5.41. The molecule has 3 heterocycles. The normalized spacial score (nSPS) is 19.2. The number of carbonyl (C=O) groups excluding carboxylic acids is 2. The number of rotatable bonds is 4. The first kappa shape index (κ1) is 17.9. The predicted molar refractivity (Wildman–Crippen MR) is 111 cm³/mol. The van der Waals surface area contributed by atoms with Crippen molar-refractivity contribution in [1.82, 2.24) is 5.32 Å². The van der Waals surface area contributed by atoms with E-state index < -0.39 is 21.4 Å². The molecule has 3 aliphatic rings. The Morgan fingerprint density at radius 1 is 1.07 bits per heavy atom. The number of benzene rings is 2. The van der Waals surface area contributed by atoms with Gasteiger partial charge in [0.15, 0.2) is 0 Å². The minimum atomic E-state index is -2.60. The van der Waals surface area contributed by atoms with Crippen LogP contribution in [0, 0.1) is 0 Å². The Labute approximate surface area is 174 Å². The van der Waals surface area contributed by atoms with Crippen LogP contribution in [0.3, 0.4) is 0 Å². The standard InChI is InChI=1S/C21H16NO4S.In/c1-25-17-10-14(11-18(13-17)26-2)6-5-9-15-7-3-4-8-16(15)12-19-20(23)22-21(24)27-19;/h3-4,8-11,13H,6H2,1-2H3,(H,22,23,24);. The summed E-state index contributed by atoms with van der Waals surface area (Å²) in [6.07, 6.45) is 3.11. The van der Waals surface area contributed by atoms with Crippen LogP contribution in [0.2, 0.25) is 0 Å². The molecular formula is C21H16InNO4S. The fourth-order valence-electron chi connectivity index (χ4n) is 4.30. The van der Waals surface area contributed by atoms with E-state index in [1.807, 2.05) is 18.2 Å². The number of hydrogen-bond acceptors (Lipinski definition) is 5. The zero-order valence-corrected chi connectivity index (χ0v) is 19.5. The van der Waals surface area contributed by atoms with Crippen molar-refractivity contribution < 1.29 is 19.1 Å². The second-order valence-corrected chi connectivity index (χ2v) is 15.9. The molecule has 0 aliphatic carbocycles. The van der Waals surface area contributed by atoms with Crippen LogP contribution in [0.1, 0.15) is 16.7 Å². The maximum absolute atomic E-state index is 12.4. The Hall–Kier alpha value is -2.12. The van der Waals surface area contributed by atoms with Gasteiger partial charge in [-0.2, -0.15) is 0 Å². The number of methoxy groups -OCH3 is 2. The van der Waals surface area contributed by atoms with E-state index in [2.05, 4.69) is 29.6 Å². The average Bonchev–Trinajstić information content (AvgIpc) is 3.26. The minimum absolute atomic E-state index is 0.246. The summed E-state index contributed by atoms with van der Waals surface area (Å²) in [7, 11) is 3.30. The summed E-state index contributed by atoms with van der Waals surface area (Å²) in [6.45, 7) is 0. The van der Waals surface area contributed by atoms with Crippen LogP contribution in [-0.2, 0) is 11.2 Å². The molecule has 0 spiro atoms. The molecule has 0 radical (unpaired) electrons. The van der Waals surface area contributed by atoms with Crippen molar-refractivity contribution in [2.75, 3.05) is 14.2 Å². The Morgan fingerprint density at radius 2 is 1.82 bits per heavy atom. The van der Waals surface area contributed by atoms with Crippen molar-refractivity contribution in [2.45, 2.75) is 6.42 Å². The first-order valence-corrected chi connectivity index (χ1v) is 14.7. The van der Waals surface area contributed by atoms with Gasteiger partial charge in [0.05, 0.1) is 0 Å². The number of nitrogens with one attached hydrogen (secondary N) is 1. The van der Waals surface area contributed by atoms with E-state index in [0.29, 0.717) is 4.91 Å². The Kier molecular flexibility index (Phi) is 4.32. The van der Waals surface area contributed by atoms with Gasteiger partial charge in [-0.25, -0.2) is 0 Å². The van der Waals surface area contributed by atoms with E-state index in [9.17, 15) is 9.59 Å². The Bertz CT molecular complexity index is 1100. The maximum atomic E-state index is 12.4. The van der Waals surface area contributed by atoms with Crippen LogP contribution in [0.15, 0.2) is 44.6 Å². The van der Waals surface area contributed by atoms with Crippen molar-refractivity contribution >= 4 is 57.1 Å². The summed E-state index contributed by atoms with van der Waals surface area (Å²) in [5.74, 6) is 1.29. The molecule has 5 nitrogen and oxygen atoms in total. The average molecular weight is 493 g/mol. The van der Waals surface area contributed by atoms with Crippen LogP contribution in [-0.4, -0.2) is 46.8 Å². The van der Waals surface area contributed by atoms with Gasteiger partial charge in [0.2, 0.25) is 0 Å². The zero-order valence-electron chi connectivity index (χ0n) is 15.4. The Balaban J connectivity index is 1.57. The molecule has 1 N–H and O–H groups in total. The fourth-order valence-corrected chi connectivity index (χ4v) is 16.7. The first-order valence-electron chi connectivity index (χ1n) is 8.92. The molecule has 0 atom stereocenters. The fraction of sp³-hybridized carbons (Fsp3) is 0.143. The molecule has 3 aliphatic heterocycles. The number of amides is 2. The topological polar surface area (TPSA) is 64.6 Å². The summed E-state index contributed by atoms with van der Waals surface area (Å²) in [5, 5.41) is 2.14. The van der Waals surface area contributed by atoms with Gasteiger partial charge in [-0.3, -0.25) is 0 Å². The van der Waals surface area contributed by atoms with Crippen LogP contribution in [0.5, 0.6) is 11.5 Å². The number of thioether (sulfide) groups is 1. The van der Waals surface area contributed by atoms with E-state index >= 15 is 0 Å². The van der Waals surface area contributed by atoms with E-state index in [1.165, 1.54) is 12.2 Å². The van der Waals surface area contributed by atoms with Crippen molar-refractivity contribution in [1.29, 1.82) is 0 Å². The third-order valence-corrected chi connectivity index (χ3v) is 16.7. The summed E-state index contributed by atoms with van der Waals surface area (Å²) >= 11 is -1.55. The summed E-state index contributed by atoms with van der Waals surface area (Å²) in [4.78, 5) is 24.7. The number of ether oxygens (including phenoxy) is 2. The van der Waals surface area contributed by atoms with Crippen molar-refractivity contribution in [3.05, 3.63) is 61.3 Å². The molecule has 0 aromatic heterocycles. The number of allylic oxidation sites excluding steroid dienone is 1. The molecule has 0 unspecified atom stereocenters. The second-order valence-electron chi connectivity index (χ2n) is 6.94. The number of imide groups is 1. The Morgan fingerprint density at radius 3 is 2.43 bits per heavy atom. The SMILES string of the molecule is COc1cc(C[C]2=Cc3c4ccc[c]3[In]2/[C]4=C2\SC(=O)NC2=O)cc(OC)c1. The molecule has 4 bridgehead atoms. The van der Waals surface area contributed by atoms with Crippen molar-refractivity contribution in [3.63, 3.8) is 0 Å². The predicted octanol–water partition coefficient (Wildman–Crippen LogP) is 2.83. The van der Waals surface area contributed by atoms with Crippen LogP contribution in [0.25, 0.3) is 9.41 Å². The van der Waals surface area contributed by atoms with Gasteiger partial charge in [0, 0.05) is 0 Å². The van der Waals surface area contributed by atoms with Crippen molar-refractivity contribution in [3.8, 4) is 11.5 Å². The van der Waals surface area contributed by atoms with Gasteiger partial charge in [-0.15, -0.1) is 0 Å². The quantitative estimate of drug-likeness (QED) is 0.665. The molecular weight excluding hydrogens is 477 g/mol. The summed E-state index contributed by atoms with van der Waals surface area (Å²) in [5.41, 5.74) is 3.53. The summed E-state index contributed by atoms with van der Waals surface area (Å²) in [6, 6.07) is 12.3. The molecule has 1 saturated heterocycles. The molecule has 5 rings (SSSR count). The summed E-state index contributed by atoms with van der Waals surface area (Å²) < 4.78 is 14.8.